The Kier molecular flexibility index (Phi) is 5.54. The fraction of sp³-hybridized carbons (Fsp3) is 0.615. The summed E-state index contributed by atoms with van der Waals surface area (Å²) in [5, 5.41) is 18.3. The van der Waals surface area contributed by atoms with Crippen molar-refractivity contribution < 1.29 is 14.7 Å². The van der Waals surface area contributed by atoms with Gasteiger partial charge < -0.3 is 15.7 Å². The summed E-state index contributed by atoms with van der Waals surface area (Å²) in [5.41, 5.74) is 1.92. The highest BCUT2D eigenvalue weighted by Crippen LogP contribution is 2.07. The third-order valence-corrected chi connectivity index (χ3v) is 3.29. The van der Waals surface area contributed by atoms with Crippen LogP contribution in [0.5, 0.6) is 0 Å². The normalized spacial score (nSPS) is 12.2. The predicted octanol–water partition coefficient (Wildman–Crippen LogP) is 1.03. The van der Waals surface area contributed by atoms with Gasteiger partial charge in [0.1, 0.15) is 0 Å². The molecule has 0 spiro atoms. The van der Waals surface area contributed by atoms with Gasteiger partial charge in [-0.2, -0.15) is 5.10 Å². The lowest BCUT2D eigenvalue weighted by molar-refractivity contribution is -0.137. The number of carbonyl (C=O) groups is 2. The molecule has 1 aromatic heterocycles. The molecule has 112 valence electrons. The maximum Gasteiger partial charge on any atom is 0.315 e. The number of aliphatic carboxylic acids is 1. The van der Waals surface area contributed by atoms with Crippen molar-refractivity contribution in [1.29, 1.82) is 0 Å². The number of nitrogens with zero attached hydrogens (tertiary/aromatic N) is 2. The third kappa shape index (κ3) is 4.56. The summed E-state index contributed by atoms with van der Waals surface area (Å²) < 4.78 is 1.73. The summed E-state index contributed by atoms with van der Waals surface area (Å²) in [6.45, 7) is 6.03. The van der Waals surface area contributed by atoms with Crippen molar-refractivity contribution in [3.63, 3.8) is 0 Å². The van der Waals surface area contributed by atoms with Crippen molar-refractivity contribution in [2.75, 3.05) is 0 Å². The molecule has 0 saturated carbocycles. The van der Waals surface area contributed by atoms with Gasteiger partial charge in [-0.25, -0.2) is 4.79 Å². The van der Waals surface area contributed by atoms with E-state index in [1.54, 1.807) is 10.9 Å². The summed E-state index contributed by atoms with van der Waals surface area (Å²) in [5.74, 6) is -0.871. The SMILES string of the molecule is Cc1c(CNC(=O)NC(CC(=O)O)C(C)C)cnn1C. The van der Waals surface area contributed by atoms with Crippen LogP contribution in [0, 0.1) is 12.8 Å². The Balaban J connectivity index is 2.50. The molecule has 3 N–H and O–H groups in total. The van der Waals surface area contributed by atoms with E-state index in [0.29, 0.717) is 6.54 Å². The van der Waals surface area contributed by atoms with Crippen LogP contribution in [0.1, 0.15) is 31.5 Å². The molecule has 0 saturated heterocycles. The lowest BCUT2D eigenvalue weighted by atomic mass is 10.0. The Morgan fingerprint density at radius 1 is 1.45 bits per heavy atom. The average Bonchev–Trinajstić information content (AvgIpc) is 2.66. The van der Waals surface area contributed by atoms with Crippen LogP contribution in [-0.2, 0) is 18.4 Å². The average molecular weight is 282 g/mol. The summed E-state index contributed by atoms with van der Waals surface area (Å²) in [4.78, 5) is 22.5. The van der Waals surface area contributed by atoms with Crippen LogP contribution in [0.2, 0.25) is 0 Å². The van der Waals surface area contributed by atoms with Crippen molar-refractivity contribution >= 4 is 12.0 Å². The molecular weight excluding hydrogens is 260 g/mol. The van der Waals surface area contributed by atoms with Crippen LogP contribution in [0.3, 0.4) is 0 Å². The molecule has 1 aromatic rings. The second-order valence-corrected chi connectivity index (χ2v) is 5.15. The zero-order chi connectivity index (χ0) is 15.3. The predicted molar refractivity (Wildman–Crippen MR) is 74.2 cm³/mol. The summed E-state index contributed by atoms with van der Waals surface area (Å²) >= 11 is 0. The van der Waals surface area contributed by atoms with E-state index in [1.165, 1.54) is 0 Å². The topological polar surface area (TPSA) is 96.2 Å². The molecule has 0 aliphatic rings. The number of carboxylic acid groups (broad SMARTS) is 1. The van der Waals surface area contributed by atoms with Gasteiger partial charge in [0.2, 0.25) is 0 Å². The molecule has 0 aromatic carbocycles. The van der Waals surface area contributed by atoms with Gasteiger partial charge >= 0.3 is 12.0 Å². The molecular formula is C13H22N4O3. The largest absolute Gasteiger partial charge is 0.481 e. The molecule has 1 unspecified atom stereocenters. The molecule has 0 radical (unpaired) electrons. The van der Waals surface area contributed by atoms with Crippen molar-refractivity contribution in [2.24, 2.45) is 13.0 Å². The van der Waals surface area contributed by atoms with Gasteiger partial charge in [0.15, 0.2) is 0 Å². The van der Waals surface area contributed by atoms with Crippen LogP contribution >= 0.6 is 0 Å². The molecule has 0 aliphatic heterocycles. The summed E-state index contributed by atoms with van der Waals surface area (Å²) in [7, 11) is 1.83. The standard InChI is InChI=1S/C13H22N4O3/c1-8(2)11(5-12(18)19)16-13(20)14-6-10-7-15-17(4)9(10)3/h7-8,11H,5-6H2,1-4H3,(H,18,19)(H2,14,16,20). The van der Waals surface area contributed by atoms with Gasteiger partial charge in [-0.1, -0.05) is 13.8 Å². The molecule has 1 rings (SSSR count). The molecule has 20 heavy (non-hydrogen) atoms. The highest BCUT2D eigenvalue weighted by Gasteiger charge is 2.19. The molecule has 1 heterocycles. The zero-order valence-electron chi connectivity index (χ0n) is 12.3. The van der Waals surface area contributed by atoms with E-state index < -0.39 is 5.97 Å². The first kappa shape index (κ1) is 16.0. The van der Waals surface area contributed by atoms with Crippen LogP contribution < -0.4 is 10.6 Å². The Hall–Kier alpha value is -2.05. The number of aryl methyl sites for hydroxylation is 1. The first-order chi connectivity index (χ1) is 9.31. The number of hydrogen-bond donors (Lipinski definition) is 3. The lowest BCUT2D eigenvalue weighted by Crippen LogP contribution is -2.45. The zero-order valence-corrected chi connectivity index (χ0v) is 12.3. The van der Waals surface area contributed by atoms with E-state index in [4.69, 9.17) is 5.11 Å². The fourth-order valence-electron chi connectivity index (χ4n) is 1.75. The number of nitrogens with one attached hydrogen (secondary N) is 2. The minimum absolute atomic E-state index is 0.0528. The molecule has 2 amide bonds. The number of carbonyl (C=O) groups excluding carboxylic acids is 1. The number of aromatic nitrogens is 2. The first-order valence-corrected chi connectivity index (χ1v) is 6.55. The second kappa shape index (κ2) is 6.93. The van der Waals surface area contributed by atoms with E-state index in [9.17, 15) is 9.59 Å². The molecule has 7 heteroatoms. The monoisotopic (exact) mass is 282 g/mol. The number of urea groups is 1. The van der Waals surface area contributed by atoms with Crippen LogP contribution in [0.15, 0.2) is 6.20 Å². The number of rotatable bonds is 6. The van der Waals surface area contributed by atoms with Crippen molar-refractivity contribution in [3.8, 4) is 0 Å². The highest BCUT2D eigenvalue weighted by atomic mass is 16.4. The molecule has 0 fully saturated rings. The van der Waals surface area contributed by atoms with E-state index in [2.05, 4.69) is 15.7 Å². The maximum absolute atomic E-state index is 11.8. The third-order valence-electron chi connectivity index (χ3n) is 3.29. The molecule has 0 aliphatic carbocycles. The van der Waals surface area contributed by atoms with E-state index in [1.807, 2.05) is 27.8 Å². The van der Waals surface area contributed by atoms with E-state index in [0.717, 1.165) is 11.3 Å². The second-order valence-electron chi connectivity index (χ2n) is 5.15. The van der Waals surface area contributed by atoms with Gasteiger partial charge in [0.05, 0.1) is 12.6 Å². The minimum Gasteiger partial charge on any atom is -0.481 e. The Morgan fingerprint density at radius 2 is 2.10 bits per heavy atom. The minimum atomic E-state index is -0.924. The Bertz CT molecular complexity index is 482. The first-order valence-electron chi connectivity index (χ1n) is 6.55. The maximum atomic E-state index is 11.8. The molecule has 7 nitrogen and oxygen atoms in total. The van der Waals surface area contributed by atoms with Crippen molar-refractivity contribution in [3.05, 3.63) is 17.5 Å². The van der Waals surface area contributed by atoms with Crippen LogP contribution in [0.4, 0.5) is 4.79 Å². The summed E-state index contributed by atoms with van der Waals surface area (Å²) in [6.07, 6.45) is 1.61. The fourth-order valence-corrected chi connectivity index (χ4v) is 1.75. The van der Waals surface area contributed by atoms with Crippen molar-refractivity contribution in [1.82, 2.24) is 20.4 Å². The van der Waals surface area contributed by atoms with Crippen molar-refractivity contribution in [2.45, 2.75) is 39.8 Å². The van der Waals surface area contributed by atoms with Gasteiger partial charge in [0, 0.05) is 30.9 Å². The Labute approximate surface area is 118 Å². The van der Waals surface area contributed by atoms with Crippen LogP contribution in [-0.4, -0.2) is 32.9 Å². The van der Waals surface area contributed by atoms with Gasteiger partial charge in [0.25, 0.3) is 0 Å². The Morgan fingerprint density at radius 3 is 2.55 bits per heavy atom. The smallest absolute Gasteiger partial charge is 0.315 e. The van der Waals surface area contributed by atoms with Crippen LogP contribution in [0.25, 0.3) is 0 Å². The number of hydrogen-bond acceptors (Lipinski definition) is 3. The van der Waals surface area contributed by atoms with E-state index in [-0.39, 0.29) is 24.4 Å². The number of carboxylic acids is 1. The molecule has 1 atom stereocenters. The quantitative estimate of drug-likeness (QED) is 0.726. The van der Waals surface area contributed by atoms with E-state index >= 15 is 0 Å². The van der Waals surface area contributed by atoms with Gasteiger partial charge in [-0.15, -0.1) is 0 Å². The summed E-state index contributed by atoms with van der Waals surface area (Å²) in [6, 6.07) is -0.754. The van der Waals surface area contributed by atoms with Gasteiger partial charge in [-0.3, -0.25) is 9.48 Å². The van der Waals surface area contributed by atoms with Gasteiger partial charge in [-0.05, 0) is 12.8 Å². The lowest BCUT2D eigenvalue weighted by Gasteiger charge is -2.20. The number of amides is 2. The highest BCUT2D eigenvalue weighted by molar-refractivity contribution is 5.75. The molecule has 0 bridgehead atoms.